The molecule has 5 rings (SSSR count). The van der Waals surface area contributed by atoms with Gasteiger partial charge < -0.3 is 15.4 Å². The number of sulfone groups is 1. The van der Waals surface area contributed by atoms with E-state index in [2.05, 4.69) is 10.6 Å². The van der Waals surface area contributed by atoms with Gasteiger partial charge in [0.15, 0.2) is 9.84 Å². The number of benzene rings is 2. The lowest BCUT2D eigenvalue weighted by Gasteiger charge is -2.35. The van der Waals surface area contributed by atoms with Gasteiger partial charge in [0.05, 0.1) is 17.8 Å². The second kappa shape index (κ2) is 12.0. The third-order valence-corrected chi connectivity index (χ3v) is 8.48. The molecule has 0 unspecified atom stereocenters. The SMILES string of the molecule is CS(=O)(=O)CC(=O)Nc1c2c(nn1CCCc1ccccc1)C[C@]1(CCc3cc(OCCCC(F)(F)F)ccc31)NC2=O. The van der Waals surface area contributed by atoms with Gasteiger partial charge in [-0.15, -0.1) is 0 Å². The molecule has 1 atom stereocenters. The quantitative estimate of drug-likeness (QED) is 0.309. The van der Waals surface area contributed by atoms with Crippen molar-refractivity contribution in [3.63, 3.8) is 0 Å². The van der Waals surface area contributed by atoms with E-state index in [9.17, 15) is 31.2 Å². The molecule has 0 bridgehead atoms. The van der Waals surface area contributed by atoms with E-state index in [1.54, 1.807) is 16.8 Å². The highest BCUT2D eigenvalue weighted by molar-refractivity contribution is 7.91. The summed E-state index contributed by atoms with van der Waals surface area (Å²) in [5.74, 6) is -1.26. The van der Waals surface area contributed by atoms with Crippen LogP contribution >= 0.6 is 0 Å². The van der Waals surface area contributed by atoms with Crippen LogP contribution in [0, 0.1) is 0 Å². The maximum absolute atomic E-state index is 13.6. The number of nitrogens with one attached hydrogen (secondary N) is 2. The van der Waals surface area contributed by atoms with E-state index in [-0.39, 0.29) is 24.4 Å². The van der Waals surface area contributed by atoms with E-state index >= 15 is 0 Å². The Labute approximate surface area is 247 Å². The Morgan fingerprint density at radius 1 is 1.16 bits per heavy atom. The van der Waals surface area contributed by atoms with E-state index in [4.69, 9.17) is 9.84 Å². The van der Waals surface area contributed by atoms with Gasteiger partial charge in [-0.1, -0.05) is 36.4 Å². The van der Waals surface area contributed by atoms with Gasteiger partial charge in [0.2, 0.25) is 5.91 Å². The van der Waals surface area contributed by atoms with Crippen molar-refractivity contribution in [2.45, 2.75) is 63.2 Å². The highest BCUT2D eigenvalue weighted by atomic mass is 32.2. The Balaban J connectivity index is 1.37. The first-order chi connectivity index (χ1) is 20.3. The fourth-order valence-electron chi connectivity index (χ4n) is 5.85. The van der Waals surface area contributed by atoms with Crippen LogP contribution in [0.1, 0.15) is 58.4 Å². The van der Waals surface area contributed by atoms with Crippen molar-refractivity contribution in [1.82, 2.24) is 15.1 Å². The predicted octanol–water partition coefficient (Wildman–Crippen LogP) is 4.35. The normalized spacial score (nSPS) is 17.8. The van der Waals surface area contributed by atoms with Crippen molar-refractivity contribution in [1.29, 1.82) is 0 Å². The molecule has 2 N–H and O–H groups in total. The fraction of sp³-hybridized carbons (Fsp3) is 0.433. The topological polar surface area (TPSA) is 119 Å². The zero-order valence-corrected chi connectivity index (χ0v) is 24.5. The summed E-state index contributed by atoms with van der Waals surface area (Å²) in [5, 5.41) is 10.5. The van der Waals surface area contributed by atoms with Crippen LogP contribution in [-0.4, -0.2) is 54.8 Å². The van der Waals surface area contributed by atoms with Gasteiger partial charge in [0.1, 0.15) is 22.9 Å². The number of hydrogen-bond donors (Lipinski definition) is 2. The van der Waals surface area contributed by atoms with Crippen molar-refractivity contribution in [2.75, 3.05) is 23.9 Å². The number of carbonyl (C=O) groups excluding carboxylic acids is 2. The number of fused-ring (bicyclic) bond motifs is 3. The molecule has 2 aromatic carbocycles. The van der Waals surface area contributed by atoms with Gasteiger partial charge >= 0.3 is 6.18 Å². The number of ether oxygens (including phenoxy) is 1. The summed E-state index contributed by atoms with van der Waals surface area (Å²) in [6.07, 6.45) is -1.34. The lowest BCUT2D eigenvalue weighted by atomic mass is 9.82. The van der Waals surface area contributed by atoms with Crippen LogP contribution in [0.3, 0.4) is 0 Å². The number of alkyl halides is 3. The Hall–Kier alpha value is -3.87. The van der Waals surface area contributed by atoms with Crippen LogP contribution in [0.5, 0.6) is 5.75 Å². The summed E-state index contributed by atoms with van der Waals surface area (Å²) in [6.45, 7) is 0.335. The van der Waals surface area contributed by atoms with Crippen molar-refractivity contribution in [3.05, 3.63) is 76.5 Å². The molecule has 1 aliphatic carbocycles. The second-order valence-electron chi connectivity index (χ2n) is 11.2. The number of aromatic nitrogens is 2. The molecule has 43 heavy (non-hydrogen) atoms. The number of hydrogen-bond acceptors (Lipinski definition) is 6. The monoisotopic (exact) mass is 618 g/mol. The zero-order valence-electron chi connectivity index (χ0n) is 23.7. The lowest BCUT2D eigenvalue weighted by Crippen LogP contribution is -2.49. The van der Waals surface area contributed by atoms with E-state index in [1.165, 1.54) is 0 Å². The standard InChI is InChI=1S/C30H33F3N4O5S/c1-43(40,41)19-25(38)34-27-26-24(36-37(27)15-5-9-20-7-3-2-4-8-20)18-29(35-28(26)39)14-12-21-17-22(10-11-23(21)29)42-16-6-13-30(31,32)33/h2-4,7-8,10-11,17H,5-6,9,12-16,18-19H2,1H3,(H,34,38)(H,35,39)/t29-/m0/s1. The molecule has 3 aromatic rings. The molecule has 1 spiro atoms. The first-order valence-corrected chi connectivity index (χ1v) is 16.1. The summed E-state index contributed by atoms with van der Waals surface area (Å²) >= 11 is 0. The van der Waals surface area contributed by atoms with Gasteiger partial charge in [0.25, 0.3) is 5.91 Å². The highest BCUT2D eigenvalue weighted by Crippen LogP contribution is 2.44. The lowest BCUT2D eigenvalue weighted by molar-refractivity contribution is -0.136. The average Bonchev–Trinajstić information content (AvgIpc) is 3.43. The van der Waals surface area contributed by atoms with Gasteiger partial charge in [-0.05, 0) is 60.9 Å². The van der Waals surface area contributed by atoms with Gasteiger partial charge in [-0.2, -0.15) is 18.3 Å². The Kier molecular flexibility index (Phi) is 8.55. The maximum atomic E-state index is 13.6. The molecule has 0 radical (unpaired) electrons. The van der Waals surface area contributed by atoms with E-state index in [0.29, 0.717) is 43.7 Å². The molecular formula is C30H33F3N4O5S. The van der Waals surface area contributed by atoms with Crippen molar-refractivity contribution >= 4 is 27.5 Å². The molecular weight excluding hydrogens is 585 g/mol. The summed E-state index contributed by atoms with van der Waals surface area (Å²) in [4.78, 5) is 26.2. The van der Waals surface area contributed by atoms with Crippen molar-refractivity contribution in [2.24, 2.45) is 0 Å². The second-order valence-corrected chi connectivity index (χ2v) is 13.3. The van der Waals surface area contributed by atoms with E-state index in [0.717, 1.165) is 29.4 Å². The third-order valence-electron chi connectivity index (χ3n) is 7.69. The van der Waals surface area contributed by atoms with Gasteiger partial charge in [-0.3, -0.25) is 9.59 Å². The minimum absolute atomic E-state index is 0.0565. The Morgan fingerprint density at radius 2 is 1.93 bits per heavy atom. The number of nitrogens with zero attached hydrogens (tertiary/aromatic N) is 2. The highest BCUT2D eigenvalue weighted by Gasteiger charge is 2.46. The molecule has 1 aromatic heterocycles. The van der Waals surface area contributed by atoms with Gasteiger partial charge in [-0.25, -0.2) is 13.1 Å². The van der Waals surface area contributed by atoms with E-state index < -0.39 is 45.5 Å². The maximum Gasteiger partial charge on any atom is 0.389 e. The molecule has 0 saturated carbocycles. The molecule has 2 heterocycles. The van der Waals surface area contributed by atoms with Crippen molar-refractivity contribution < 1.29 is 35.9 Å². The number of halogens is 3. The van der Waals surface area contributed by atoms with Crippen LogP contribution in [0.2, 0.25) is 0 Å². The molecule has 230 valence electrons. The Morgan fingerprint density at radius 3 is 2.65 bits per heavy atom. The third kappa shape index (κ3) is 7.38. The average molecular weight is 619 g/mol. The smallest absolute Gasteiger partial charge is 0.389 e. The summed E-state index contributed by atoms with van der Waals surface area (Å²) in [5.41, 5.74) is 2.91. The number of amides is 2. The van der Waals surface area contributed by atoms with Gasteiger partial charge in [0, 0.05) is 25.6 Å². The van der Waals surface area contributed by atoms with Crippen LogP contribution in [-0.2, 0) is 46.0 Å². The van der Waals surface area contributed by atoms with Crippen LogP contribution < -0.4 is 15.4 Å². The van der Waals surface area contributed by atoms with Crippen LogP contribution in [0.4, 0.5) is 19.0 Å². The minimum atomic E-state index is -4.23. The zero-order chi connectivity index (χ0) is 30.8. The molecule has 1 aliphatic heterocycles. The molecule has 0 fully saturated rings. The molecule has 9 nitrogen and oxygen atoms in total. The molecule has 13 heteroatoms. The largest absolute Gasteiger partial charge is 0.494 e. The molecule has 0 saturated heterocycles. The number of carbonyl (C=O) groups is 2. The fourth-order valence-corrected chi connectivity index (χ4v) is 6.40. The molecule has 2 amide bonds. The number of rotatable bonds is 11. The summed E-state index contributed by atoms with van der Waals surface area (Å²) < 4.78 is 67.9. The first-order valence-electron chi connectivity index (χ1n) is 14.1. The summed E-state index contributed by atoms with van der Waals surface area (Å²) in [6, 6.07) is 15.2. The van der Waals surface area contributed by atoms with E-state index in [1.807, 2.05) is 36.4 Å². The number of aryl methyl sites for hydroxylation is 3. The minimum Gasteiger partial charge on any atom is -0.494 e. The van der Waals surface area contributed by atoms with Crippen LogP contribution in [0.15, 0.2) is 48.5 Å². The predicted molar refractivity (Wildman–Crippen MR) is 154 cm³/mol. The summed E-state index contributed by atoms with van der Waals surface area (Å²) in [7, 11) is -3.60. The van der Waals surface area contributed by atoms with Crippen molar-refractivity contribution in [3.8, 4) is 5.75 Å². The Bertz CT molecular complexity index is 1620. The first kappa shape index (κ1) is 30.6. The molecule has 2 aliphatic rings. The number of anilines is 1. The van der Waals surface area contributed by atoms with Crippen LogP contribution in [0.25, 0.3) is 0 Å².